The standard InChI is InChI=1S/C12H8BrN3O2/c13-6-1-2-9-7(3-6)8(5-14-9)10-4-11(12(17)18)16-15-10/h1-5,14H,(H,15,16)(H,17,18). The molecule has 90 valence electrons. The van der Waals surface area contributed by atoms with E-state index in [1.807, 2.05) is 24.4 Å². The van der Waals surface area contributed by atoms with Gasteiger partial charge in [0.1, 0.15) is 5.69 Å². The summed E-state index contributed by atoms with van der Waals surface area (Å²) in [5.41, 5.74) is 2.54. The summed E-state index contributed by atoms with van der Waals surface area (Å²) in [6.07, 6.45) is 1.82. The number of fused-ring (bicyclic) bond motifs is 1. The van der Waals surface area contributed by atoms with Gasteiger partial charge in [-0.2, -0.15) is 5.10 Å². The SMILES string of the molecule is O=C(O)c1cc(-c2c[nH]c3ccc(Br)cc23)n[nH]1. The number of nitrogens with zero attached hydrogens (tertiary/aromatic N) is 1. The smallest absolute Gasteiger partial charge is 0.353 e. The number of aromatic amines is 2. The first-order valence-corrected chi connectivity index (χ1v) is 6.00. The first-order valence-electron chi connectivity index (χ1n) is 5.21. The van der Waals surface area contributed by atoms with Crippen molar-refractivity contribution in [3.8, 4) is 11.3 Å². The summed E-state index contributed by atoms with van der Waals surface area (Å²) < 4.78 is 0.963. The van der Waals surface area contributed by atoms with Gasteiger partial charge in [-0.1, -0.05) is 15.9 Å². The fourth-order valence-electron chi connectivity index (χ4n) is 1.87. The third-order valence-corrected chi connectivity index (χ3v) is 3.22. The molecule has 0 saturated heterocycles. The largest absolute Gasteiger partial charge is 0.477 e. The van der Waals surface area contributed by atoms with Crippen molar-refractivity contribution in [1.82, 2.24) is 15.2 Å². The van der Waals surface area contributed by atoms with Crippen LogP contribution in [0.25, 0.3) is 22.2 Å². The average molecular weight is 306 g/mol. The molecule has 18 heavy (non-hydrogen) atoms. The van der Waals surface area contributed by atoms with Gasteiger partial charge >= 0.3 is 5.97 Å². The Kier molecular flexibility index (Phi) is 2.45. The van der Waals surface area contributed by atoms with Crippen LogP contribution in [0, 0.1) is 0 Å². The average Bonchev–Trinajstić information content (AvgIpc) is 2.93. The van der Waals surface area contributed by atoms with E-state index < -0.39 is 5.97 Å². The van der Waals surface area contributed by atoms with E-state index in [0.717, 1.165) is 20.9 Å². The van der Waals surface area contributed by atoms with Crippen LogP contribution in [0.1, 0.15) is 10.5 Å². The molecule has 0 aliphatic rings. The van der Waals surface area contributed by atoms with Crippen molar-refractivity contribution in [2.75, 3.05) is 0 Å². The number of benzene rings is 1. The molecule has 3 aromatic rings. The summed E-state index contributed by atoms with van der Waals surface area (Å²) in [5, 5.41) is 16.4. The topological polar surface area (TPSA) is 81.8 Å². The molecule has 0 aliphatic heterocycles. The summed E-state index contributed by atoms with van der Waals surface area (Å²) in [6, 6.07) is 7.38. The van der Waals surface area contributed by atoms with Gasteiger partial charge in [0.2, 0.25) is 0 Å². The molecule has 2 heterocycles. The van der Waals surface area contributed by atoms with Crippen molar-refractivity contribution in [1.29, 1.82) is 0 Å². The fourth-order valence-corrected chi connectivity index (χ4v) is 2.24. The van der Waals surface area contributed by atoms with Gasteiger partial charge in [0.15, 0.2) is 0 Å². The third-order valence-electron chi connectivity index (χ3n) is 2.73. The molecule has 6 heteroatoms. The second-order valence-electron chi connectivity index (χ2n) is 3.86. The minimum atomic E-state index is -1.02. The Bertz CT molecular complexity index is 745. The van der Waals surface area contributed by atoms with Gasteiger partial charge in [-0.25, -0.2) is 4.79 Å². The quantitative estimate of drug-likeness (QED) is 0.680. The Labute approximate surface area is 110 Å². The molecule has 3 N–H and O–H groups in total. The highest BCUT2D eigenvalue weighted by Crippen LogP contribution is 2.29. The van der Waals surface area contributed by atoms with Crippen LogP contribution in [0.3, 0.4) is 0 Å². The van der Waals surface area contributed by atoms with Crippen LogP contribution in [0.15, 0.2) is 34.9 Å². The van der Waals surface area contributed by atoms with Gasteiger partial charge in [0.25, 0.3) is 0 Å². The van der Waals surface area contributed by atoms with Gasteiger partial charge in [-0.05, 0) is 24.3 Å². The number of halogens is 1. The van der Waals surface area contributed by atoms with Crippen LogP contribution < -0.4 is 0 Å². The maximum atomic E-state index is 10.8. The molecule has 0 radical (unpaired) electrons. The van der Waals surface area contributed by atoms with Gasteiger partial charge in [0, 0.05) is 27.1 Å². The Morgan fingerprint density at radius 1 is 1.33 bits per heavy atom. The molecular weight excluding hydrogens is 298 g/mol. The third kappa shape index (κ3) is 1.70. The number of H-pyrrole nitrogens is 2. The Hall–Kier alpha value is -2.08. The normalized spacial score (nSPS) is 10.9. The van der Waals surface area contributed by atoms with Crippen molar-refractivity contribution in [3.05, 3.63) is 40.6 Å². The highest BCUT2D eigenvalue weighted by molar-refractivity contribution is 9.10. The van der Waals surface area contributed by atoms with Crippen molar-refractivity contribution in [2.45, 2.75) is 0 Å². The molecule has 0 amide bonds. The molecule has 1 aromatic carbocycles. The van der Waals surface area contributed by atoms with Crippen LogP contribution in [0.5, 0.6) is 0 Å². The number of rotatable bonds is 2. The Morgan fingerprint density at radius 2 is 2.17 bits per heavy atom. The van der Waals surface area contributed by atoms with Crippen LogP contribution >= 0.6 is 15.9 Å². The molecule has 5 nitrogen and oxygen atoms in total. The monoisotopic (exact) mass is 305 g/mol. The van der Waals surface area contributed by atoms with Crippen LogP contribution in [-0.4, -0.2) is 26.3 Å². The zero-order chi connectivity index (χ0) is 12.7. The van der Waals surface area contributed by atoms with Crippen molar-refractivity contribution >= 4 is 32.8 Å². The number of carboxylic acids is 1. The summed E-state index contributed by atoms with van der Waals surface area (Å²) in [5.74, 6) is -1.02. The van der Waals surface area contributed by atoms with E-state index in [9.17, 15) is 4.79 Å². The van der Waals surface area contributed by atoms with Crippen LogP contribution in [0.4, 0.5) is 0 Å². The lowest BCUT2D eigenvalue weighted by atomic mass is 10.1. The van der Waals surface area contributed by atoms with E-state index in [1.165, 1.54) is 6.07 Å². The number of aromatic nitrogens is 3. The highest BCUT2D eigenvalue weighted by Gasteiger charge is 2.12. The second-order valence-corrected chi connectivity index (χ2v) is 4.78. The summed E-state index contributed by atoms with van der Waals surface area (Å²) >= 11 is 3.42. The number of hydrogen-bond donors (Lipinski definition) is 3. The predicted molar refractivity (Wildman–Crippen MR) is 70.5 cm³/mol. The molecule has 0 spiro atoms. The van der Waals surface area contributed by atoms with E-state index in [0.29, 0.717) is 5.69 Å². The lowest BCUT2D eigenvalue weighted by Gasteiger charge is -1.95. The van der Waals surface area contributed by atoms with Crippen molar-refractivity contribution in [3.63, 3.8) is 0 Å². The zero-order valence-electron chi connectivity index (χ0n) is 9.07. The van der Waals surface area contributed by atoms with E-state index in [1.54, 1.807) is 0 Å². The minimum Gasteiger partial charge on any atom is -0.477 e. The fraction of sp³-hybridized carbons (Fsp3) is 0. The molecule has 0 bridgehead atoms. The maximum absolute atomic E-state index is 10.8. The van der Waals surface area contributed by atoms with E-state index in [4.69, 9.17) is 5.11 Å². The van der Waals surface area contributed by atoms with Gasteiger partial charge in [-0.3, -0.25) is 5.10 Å². The molecule has 0 aliphatic carbocycles. The molecule has 0 atom stereocenters. The first-order chi connectivity index (χ1) is 8.65. The second kappa shape index (κ2) is 3.99. The summed E-state index contributed by atoms with van der Waals surface area (Å²) in [4.78, 5) is 13.9. The molecule has 0 saturated carbocycles. The van der Waals surface area contributed by atoms with Crippen LogP contribution in [0.2, 0.25) is 0 Å². The maximum Gasteiger partial charge on any atom is 0.353 e. The first kappa shape index (κ1) is 11.0. The molecule has 3 rings (SSSR count). The molecule has 0 unspecified atom stereocenters. The number of aromatic carboxylic acids is 1. The Balaban J connectivity index is 2.18. The van der Waals surface area contributed by atoms with Crippen molar-refractivity contribution in [2.24, 2.45) is 0 Å². The minimum absolute atomic E-state index is 0.0781. The predicted octanol–water partition coefficient (Wildman–Crippen LogP) is 3.02. The van der Waals surface area contributed by atoms with Gasteiger partial charge < -0.3 is 10.1 Å². The summed E-state index contributed by atoms with van der Waals surface area (Å²) in [7, 11) is 0. The van der Waals surface area contributed by atoms with Gasteiger partial charge in [0.05, 0.1) is 5.69 Å². The lowest BCUT2D eigenvalue weighted by molar-refractivity contribution is 0.0690. The van der Waals surface area contributed by atoms with Crippen LogP contribution in [-0.2, 0) is 0 Å². The van der Waals surface area contributed by atoms with E-state index >= 15 is 0 Å². The van der Waals surface area contributed by atoms with E-state index in [2.05, 4.69) is 31.1 Å². The molecule has 0 fully saturated rings. The lowest BCUT2D eigenvalue weighted by Crippen LogP contribution is -1.95. The molecular formula is C12H8BrN3O2. The van der Waals surface area contributed by atoms with Crippen molar-refractivity contribution < 1.29 is 9.90 Å². The number of nitrogens with one attached hydrogen (secondary N) is 2. The number of carboxylic acid groups (broad SMARTS) is 1. The molecule has 2 aromatic heterocycles. The van der Waals surface area contributed by atoms with E-state index in [-0.39, 0.29) is 5.69 Å². The summed E-state index contributed by atoms with van der Waals surface area (Å²) in [6.45, 7) is 0. The highest BCUT2D eigenvalue weighted by atomic mass is 79.9. The Morgan fingerprint density at radius 3 is 2.89 bits per heavy atom. The number of carbonyl (C=O) groups is 1. The van der Waals surface area contributed by atoms with Gasteiger partial charge in [-0.15, -0.1) is 0 Å². The zero-order valence-corrected chi connectivity index (χ0v) is 10.7. The number of hydrogen-bond acceptors (Lipinski definition) is 2.